The maximum absolute atomic E-state index is 5.54. The first-order valence-electron chi connectivity index (χ1n) is 12.6. The van der Waals surface area contributed by atoms with Crippen molar-refractivity contribution in [2.75, 3.05) is 44.8 Å². The first-order valence-corrected chi connectivity index (χ1v) is 12.6. The highest BCUT2D eigenvalue weighted by molar-refractivity contribution is 5.55. The van der Waals surface area contributed by atoms with E-state index in [1.54, 1.807) is 7.11 Å². The lowest BCUT2D eigenvalue weighted by atomic mass is 9.86. The molecule has 2 N–H and O–H groups in total. The van der Waals surface area contributed by atoms with Crippen molar-refractivity contribution in [3.63, 3.8) is 0 Å². The Morgan fingerprint density at radius 3 is 2.68 bits per heavy atom. The third-order valence-electron chi connectivity index (χ3n) is 7.25. The molecule has 0 unspecified atom stereocenters. The average molecular weight is 468 g/mol. The van der Waals surface area contributed by atoms with Crippen molar-refractivity contribution in [3.05, 3.63) is 29.0 Å². The van der Waals surface area contributed by atoms with Gasteiger partial charge in [0.1, 0.15) is 5.82 Å². The molecule has 0 saturated heterocycles. The first-order chi connectivity index (χ1) is 16.6. The predicted molar refractivity (Wildman–Crippen MR) is 133 cm³/mol. The molecule has 0 bridgehead atoms. The third-order valence-corrected chi connectivity index (χ3v) is 7.25. The fraction of sp³-hybridized carbons (Fsp3) is 0.615. The summed E-state index contributed by atoms with van der Waals surface area (Å²) in [6, 6.07) is 4.52. The number of rotatable bonds is 8. The van der Waals surface area contributed by atoms with Crippen LogP contribution in [-0.2, 0) is 19.4 Å². The minimum Gasteiger partial charge on any atom is -0.493 e. The second-order valence-corrected chi connectivity index (χ2v) is 9.92. The Morgan fingerprint density at radius 1 is 1.06 bits per heavy atom. The van der Waals surface area contributed by atoms with Gasteiger partial charge in [-0.25, -0.2) is 4.98 Å². The third kappa shape index (κ3) is 5.02. The Kier molecular flexibility index (Phi) is 6.94. The Balaban J connectivity index is 1.11. The molecule has 1 saturated carbocycles. The van der Waals surface area contributed by atoms with Gasteiger partial charge in [-0.3, -0.25) is 0 Å². The monoisotopic (exact) mass is 467 g/mol. The molecule has 0 spiro atoms. The smallest absolute Gasteiger partial charge is 0.231 e. The van der Waals surface area contributed by atoms with Gasteiger partial charge in [0.2, 0.25) is 18.5 Å². The number of nitrogens with zero attached hydrogens (tertiary/aromatic N) is 3. The van der Waals surface area contributed by atoms with Crippen LogP contribution >= 0.6 is 0 Å². The van der Waals surface area contributed by atoms with Gasteiger partial charge < -0.3 is 29.7 Å². The summed E-state index contributed by atoms with van der Waals surface area (Å²) in [5, 5.41) is 7.29. The fourth-order valence-corrected chi connectivity index (χ4v) is 5.41. The number of aromatic nitrogens is 2. The lowest BCUT2D eigenvalue weighted by Gasteiger charge is -2.30. The van der Waals surface area contributed by atoms with Crippen LogP contribution in [0.5, 0.6) is 17.2 Å². The minimum absolute atomic E-state index is 0.257. The SMILES string of the molecule is COc1cc(CNC[C@H]2CC[C@@H](Nc3nc4c(c(N(C)C)n3)CCCC4)CC2)cc2c1OCO2. The Morgan fingerprint density at radius 2 is 1.88 bits per heavy atom. The summed E-state index contributed by atoms with van der Waals surface area (Å²) in [6.07, 6.45) is 9.37. The van der Waals surface area contributed by atoms with Gasteiger partial charge in [0.05, 0.1) is 12.8 Å². The highest BCUT2D eigenvalue weighted by atomic mass is 16.7. The quantitative estimate of drug-likeness (QED) is 0.605. The lowest BCUT2D eigenvalue weighted by Crippen LogP contribution is -2.32. The molecule has 1 aromatic heterocycles. The van der Waals surface area contributed by atoms with Crippen LogP contribution in [-0.4, -0.2) is 50.6 Å². The molecule has 8 nitrogen and oxygen atoms in total. The molecule has 0 atom stereocenters. The van der Waals surface area contributed by atoms with E-state index in [4.69, 9.17) is 24.2 Å². The zero-order valence-electron chi connectivity index (χ0n) is 20.7. The van der Waals surface area contributed by atoms with Crippen molar-refractivity contribution in [2.24, 2.45) is 5.92 Å². The molecule has 2 heterocycles. The van der Waals surface area contributed by atoms with Crippen LogP contribution in [0, 0.1) is 5.92 Å². The van der Waals surface area contributed by atoms with Crippen LogP contribution < -0.4 is 29.7 Å². The van der Waals surface area contributed by atoms with Gasteiger partial charge in [0.15, 0.2) is 11.5 Å². The summed E-state index contributed by atoms with van der Waals surface area (Å²) < 4.78 is 16.5. The predicted octanol–water partition coefficient (Wildman–Crippen LogP) is 3.92. The Labute approximate surface area is 202 Å². The van der Waals surface area contributed by atoms with E-state index in [1.807, 2.05) is 12.1 Å². The Bertz CT molecular complexity index is 1000. The average Bonchev–Trinajstić information content (AvgIpc) is 3.33. The number of hydrogen-bond donors (Lipinski definition) is 2. The molecule has 3 aliphatic rings. The number of aryl methyl sites for hydroxylation is 1. The standard InChI is InChI=1S/C26H37N5O3/c1-31(2)25-20-6-4-5-7-21(20)29-26(30-25)28-19-10-8-17(9-11-19)14-27-15-18-12-22(32-3)24-23(13-18)33-16-34-24/h12-13,17,19,27H,4-11,14-16H2,1-3H3,(H,28,29,30)/t17-,19+. The lowest BCUT2D eigenvalue weighted by molar-refractivity contribution is 0.171. The molecule has 184 valence electrons. The molecule has 1 fully saturated rings. The van der Waals surface area contributed by atoms with E-state index < -0.39 is 0 Å². The van der Waals surface area contributed by atoms with Gasteiger partial charge in [0.25, 0.3) is 0 Å². The van der Waals surface area contributed by atoms with Crippen molar-refractivity contribution in [1.29, 1.82) is 0 Å². The van der Waals surface area contributed by atoms with Crippen LogP contribution in [0.15, 0.2) is 12.1 Å². The minimum atomic E-state index is 0.257. The number of ether oxygens (including phenoxy) is 3. The van der Waals surface area contributed by atoms with Crippen LogP contribution in [0.1, 0.15) is 55.3 Å². The van der Waals surface area contributed by atoms with Gasteiger partial charge >= 0.3 is 0 Å². The molecule has 0 amide bonds. The van der Waals surface area contributed by atoms with Crippen LogP contribution in [0.3, 0.4) is 0 Å². The first kappa shape index (κ1) is 23.0. The molecule has 5 rings (SSSR count). The summed E-state index contributed by atoms with van der Waals surface area (Å²) in [5.41, 5.74) is 3.74. The maximum atomic E-state index is 5.54. The van der Waals surface area contributed by atoms with E-state index in [0.29, 0.717) is 17.7 Å². The van der Waals surface area contributed by atoms with Crippen molar-refractivity contribution < 1.29 is 14.2 Å². The van der Waals surface area contributed by atoms with E-state index in [2.05, 4.69) is 29.6 Å². The summed E-state index contributed by atoms with van der Waals surface area (Å²) in [7, 11) is 5.83. The van der Waals surface area contributed by atoms with Gasteiger partial charge in [-0.2, -0.15) is 4.98 Å². The van der Waals surface area contributed by atoms with E-state index in [0.717, 1.165) is 67.6 Å². The van der Waals surface area contributed by atoms with E-state index >= 15 is 0 Å². The summed E-state index contributed by atoms with van der Waals surface area (Å²) in [6.45, 7) is 2.07. The summed E-state index contributed by atoms with van der Waals surface area (Å²) >= 11 is 0. The number of methoxy groups -OCH3 is 1. The van der Waals surface area contributed by atoms with Crippen LogP contribution in [0.4, 0.5) is 11.8 Å². The largest absolute Gasteiger partial charge is 0.493 e. The van der Waals surface area contributed by atoms with Gasteiger partial charge in [-0.15, -0.1) is 0 Å². The number of hydrogen-bond acceptors (Lipinski definition) is 8. The maximum Gasteiger partial charge on any atom is 0.231 e. The van der Waals surface area contributed by atoms with E-state index in [1.165, 1.54) is 36.9 Å². The number of benzene rings is 1. The highest BCUT2D eigenvalue weighted by Gasteiger charge is 2.24. The normalized spacial score (nSPS) is 21.1. The van der Waals surface area contributed by atoms with E-state index in [-0.39, 0.29) is 6.79 Å². The second-order valence-electron chi connectivity index (χ2n) is 9.92. The highest BCUT2D eigenvalue weighted by Crippen LogP contribution is 2.41. The molecule has 1 aliphatic heterocycles. The fourth-order valence-electron chi connectivity index (χ4n) is 5.41. The Hall–Kier alpha value is -2.74. The summed E-state index contributed by atoms with van der Waals surface area (Å²) in [5.74, 6) is 4.80. The number of fused-ring (bicyclic) bond motifs is 2. The number of anilines is 2. The zero-order valence-corrected chi connectivity index (χ0v) is 20.7. The molecule has 2 aliphatic carbocycles. The van der Waals surface area contributed by atoms with Crippen molar-refractivity contribution in [2.45, 2.75) is 64.0 Å². The number of nitrogens with one attached hydrogen (secondary N) is 2. The molecule has 34 heavy (non-hydrogen) atoms. The van der Waals surface area contributed by atoms with Gasteiger partial charge in [-0.05, 0) is 81.5 Å². The summed E-state index contributed by atoms with van der Waals surface area (Å²) in [4.78, 5) is 11.9. The van der Waals surface area contributed by atoms with E-state index in [9.17, 15) is 0 Å². The zero-order chi connectivity index (χ0) is 23.5. The molecular weight excluding hydrogens is 430 g/mol. The molecule has 1 aromatic carbocycles. The van der Waals surface area contributed by atoms with Crippen molar-refractivity contribution in [1.82, 2.24) is 15.3 Å². The van der Waals surface area contributed by atoms with Crippen molar-refractivity contribution >= 4 is 11.8 Å². The van der Waals surface area contributed by atoms with Gasteiger partial charge in [-0.1, -0.05) is 0 Å². The topological polar surface area (TPSA) is 80.8 Å². The molecular formula is C26H37N5O3. The molecule has 8 heteroatoms. The van der Waals surface area contributed by atoms with Crippen LogP contribution in [0.2, 0.25) is 0 Å². The van der Waals surface area contributed by atoms with Crippen LogP contribution in [0.25, 0.3) is 0 Å². The second kappa shape index (κ2) is 10.3. The van der Waals surface area contributed by atoms with Crippen molar-refractivity contribution in [3.8, 4) is 17.2 Å². The molecule has 0 radical (unpaired) electrons. The molecule has 2 aromatic rings. The van der Waals surface area contributed by atoms with Gasteiger partial charge in [0, 0.05) is 32.2 Å².